The zero-order chi connectivity index (χ0) is 27.7. The number of hydrogen-bond acceptors (Lipinski definition) is 5. The number of hydrazone groups is 1. The monoisotopic (exact) mass is 528 g/mol. The van der Waals surface area contributed by atoms with Crippen LogP contribution in [0.4, 0.5) is 0 Å². The fraction of sp³-hybridized carbons (Fsp3) is 0.0882. The summed E-state index contributed by atoms with van der Waals surface area (Å²) in [6.45, 7) is 0. The molecule has 5 rings (SSSR count). The van der Waals surface area contributed by atoms with E-state index >= 15 is 0 Å². The van der Waals surface area contributed by atoms with E-state index in [1.54, 1.807) is 37.5 Å². The zero-order valence-electron chi connectivity index (χ0n) is 22.0. The van der Waals surface area contributed by atoms with E-state index < -0.39 is 5.97 Å². The number of amides is 1. The van der Waals surface area contributed by atoms with Gasteiger partial charge < -0.3 is 9.47 Å². The fourth-order valence-corrected chi connectivity index (χ4v) is 4.44. The minimum atomic E-state index is -0.532. The molecule has 0 bridgehead atoms. The van der Waals surface area contributed by atoms with E-state index in [-0.39, 0.29) is 11.9 Å². The molecule has 1 amide bonds. The van der Waals surface area contributed by atoms with E-state index in [1.807, 2.05) is 91.0 Å². The molecule has 40 heavy (non-hydrogen) atoms. The Morgan fingerprint density at radius 1 is 0.800 bits per heavy atom. The lowest BCUT2D eigenvalue weighted by Crippen LogP contribution is -2.25. The summed E-state index contributed by atoms with van der Waals surface area (Å²) >= 11 is 0. The number of rotatable bonds is 8. The van der Waals surface area contributed by atoms with Gasteiger partial charge in [-0.15, -0.1) is 0 Å². The van der Waals surface area contributed by atoms with Crippen LogP contribution in [0.15, 0.2) is 126 Å². The topological polar surface area (TPSA) is 68.2 Å². The van der Waals surface area contributed by atoms with Gasteiger partial charge in [0.2, 0.25) is 0 Å². The third-order valence-electron chi connectivity index (χ3n) is 6.46. The first-order valence-corrected chi connectivity index (χ1v) is 12.9. The van der Waals surface area contributed by atoms with Crippen molar-refractivity contribution in [3.63, 3.8) is 0 Å². The summed E-state index contributed by atoms with van der Waals surface area (Å²) in [7, 11) is 1.55. The molecule has 0 saturated heterocycles. The Labute approximate surface area is 233 Å². The Morgan fingerprint density at radius 2 is 1.40 bits per heavy atom. The standard InChI is InChI=1S/C34H28N2O4/c1-39-28-19-20-29(32(23-28)40-34(38)22-18-26-13-7-3-8-14-26)30-24-31(27-15-9-4-10-16-27)36(35-30)33(37)21-17-25-11-5-2-6-12-25/h2-23,31H,24H2,1H3. The van der Waals surface area contributed by atoms with Crippen molar-refractivity contribution >= 4 is 29.7 Å². The maximum atomic E-state index is 13.4. The highest BCUT2D eigenvalue weighted by atomic mass is 16.5. The van der Waals surface area contributed by atoms with Crippen molar-refractivity contribution in [2.24, 2.45) is 5.10 Å². The lowest BCUT2D eigenvalue weighted by atomic mass is 9.98. The third kappa shape index (κ3) is 6.42. The molecule has 1 atom stereocenters. The molecule has 1 aliphatic heterocycles. The van der Waals surface area contributed by atoms with Gasteiger partial charge in [-0.1, -0.05) is 91.0 Å². The molecule has 0 fully saturated rings. The van der Waals surface area contributed by atoms with Crippen LogP contribution in [0.3, 0.4) is 0 Å². The summed E-state index contributed by atoms with van der Waals surface area (Å²) in [6.07, 6.45) is 6.83. The van der Waals surface area contributed by atoms with E-state index in [4.69, 9.17) is 14.6 Å². The molecule has 0 N–H and O–H groups in total. The summed E-state index contributed by atoms with van der Waals surface area (Å²) in [4.78, 5) is 26.1. The molecule has 6 heteroatoms. The van der Waals surface area contributed by atoms with Crippen LogP contribution in [-0.2, 0) is 9.59 Å². The highest BCUT2D eigenvalue weighted by Crippen LogP contribution is 2.36. The average molecular weight is 529 g/mol. The van der Waals surface area contributed by atoms with Crippen molar-refractivity contribution in [3.05, 3.63) is 144 Å². The predicted octanol–water partition coefficient (Wildman–Crippen LogP) is 6.71. The molecule has 0 aliphatic carbocycles. The van der Waals surface area contributed by atoms with E-state index in [1.165, 1.54) is 17.2 Å². The van der Waals surface area contributed by atoms with Gasteiger partial charge in [0.1, 0.15) is 11.5 Å². The van der Waals surface area contributed by atoms with E-state index in [2.05, 4.69) is 0 Å². The van der Waals surface area contributed by atoms with Crippen molar-refractivity contribution in [1.29, 1.82) is 0 Å². The van der Waals surface area contributed by atoms with Gasteiger partial charge >= 0.3 is 5.97 Å². The number of carbonyl (C=O) groups excluding carboxylic acids is 2. The maximum Gasteiger partial charge on any atom is 0.336 e. The molecule has 0 radical (unpaired) electrons. The van der Waals surface area contributed by atoms with Gasteiger partial charge in [0.05, 0.1) is 18.9 Å². The Hall–Kier alpha value is -5.23. The summed E-state index contributed by atoms with van der Waals surface area (Å²) in [6, 6.07) is 33.8. The SMILES string of the molecule is COc1ccc(C2=NN(C(=O)C=Cc3ccccc3)C(c3ccccc3)C2)c(OC(=O)C=Cc2ccccc2)c1. The lowest BCUT2D eigenvalue weighted by Gasteiger charge is -2.20. The zero-order valence-corrected chi connectivity index (χ0v) is 22.0. The second kappa shape index (κ2) is 12.5. The summed E-state index contributed by atoms with van der Waals surface area (Å²) in [5.74, 6) is 0.0677. The van der Waals surface area contributed by atoms with Crippen LogP contribution in [0.1, 0.15) is 34.7 Å². The minimum absolute atomic E-state index is 0.245. The molecule has 0 aromatic heterocycles. The molecule has 1 heterocycles. The first-order valence-electron chi connectivity index (χ1n) is 12.9. The lowest BCUT2D eigenvalue weighted by molar-refractivity contribution is -0.129. The molecule has 198 valence electrons. The maximum absolute atomic E-state index is 13.4. The number of esters is 1. The molecule has 0 spiro atoms. The van der Waals surface area contributed by atoms with Gasteiger partial charge in [-0.2, -0.15) is 5.10 Å². The van der Waals surface area contributed by atoms with Crippen LogP contribution in [-0.4, -0.2) is 29.7 Å². The van der Waals surface area contributed by atoms with E-state index in [9.17, 15) is 9.59 Å². The number of hydrogen-bond donors (Lipinski definition) is 0. The quantitative estimate of drug-likeness (QED) is 0.145. The number of ether oxygens (including phenoxy) is 2. The van der Waals surface area contributed by atoms with Crippen molar-refractivity contribution in [2.45, 2.75) is 12.5 Å². The van der Waals surface area contributed by atoms with Crippen molar-refractivity contribution in [1.82, 2.24) is 5.01 Å². The van der Waals surface area contributed by atoms with Gasteiger partial charge in [-0.25, -0.2) is 9.80 Å². The highest BCUT2D eigenvalue weighted by molar-refractivity contribution is 6.07. The Bertz CT molecular complexity index is 1560. The molecular weight excluding hydrogens is 500 g/mol. The van der Waals surface area contributed by atoms with Gasteiger partial charge in [-0.3, -0.25) is 4.79 Å². The minimum Gasteiger partial charge on any atom is -0.497 e. The van der Waals surface area contributed by atoms with Crippen molar-refractivity contribution < 1.29 is 19.1 Å². The highest BCUT2D eigenvalue weighted by Gasteiger charge is 2.33. The smallest absolute Gasteiger partial charge is 0.336 e. The summed E-state index contributed by atoms with van der Waals surface area (Å²) in [5.41, 5.74) is 4.01. The second-order valence-electron chi connectivity index (χ2n) is 9.13. The van der Waals surface area contributed by atoms with Gasteiger partial charge in [-0.05, 0) is 41.0 Å². The van der Waals surface area contributed by atoms with Gasteiger partial charge in [0.25, 0.3) is 5.91 Å². The van der Waals surface area contributed by atoms with Crippen LogP contribution in [0.5, 0.6) is 11.5 Å². The van der Waals surface area contributed by atoms with Crippen molar-refractivity contribution in [3.8, 4) is 11.5 Å². The molecule has 1 unspecified atom stereocenters. The van der Waals surface area contributed by atoms with Crippen molar-refractivity contribution in [2.75, 3.05) is 7.11 Å². The molecule has 0 saturated carbocycles. The Balaban J connectivity index is 1.45. The third-order valence-corrected chi connectivity index (χ3v) is 6.46. The largest absolute Gasteiger partial charge is 0.497 e. The molecule has 4 aromatic rings. The van der Waals surface area contributed by atoms with Gasteiger partial charge in [0.15, 0.2) is 0 Å². The fourth-order valence-electron chi connectivity index (χ4n) is 4.44. The molecule has 4 aromatic carbocycles. The normalized spacial score (nSPS) is 14.9. The van der Waals surface area contributed by atoms with Crippen LogP contribution < -0.4 is 9.47 Å². The Morgan fingerprint density at radius 3 is 2.02 bits per heavy atom. The number of carbonyl (C=O) groups is 2. The van der Waals surface area contributed by atoms with Crippen LogP contribution in [0.2, 0.25) is 0 Å². The van der Waals surface area contributed by atoms with E-state index in [0.29, 0.717) is 29.2 Å². The summed E-state index contributed by atoms with van der Waals surface area (Å²) < 4.78 is 11.1. The molecule has 1 aliphatic rings. The van der Waals surface area contributed by atoms with Gasteiger partial charge in [0, 0.05) is 30.2 Å². The average Bonchev–Trinajstić information content (AvgIpc) is 3.46. The van der Waals surface area contributed by atoms with E-state index in [0.717, 1.165) is 16.7 Å². The Kier molecular flexibility index (Phi) is 8.27. The molecule has 6 nitrogen and oxygen atoms in total. The molecular formula is C34H28N2O4. The first-order chi connectivity index (χ1) is 19.6. The van der Waals surface area contributed by atoms with Crippen LogP contribution >= 0.6 is 0 Å². The van der Waals surface area contributed by atoms with Crippen LogP contribution in [0.25, 0.3) is 12.2 Å². The number of benzene rings is 4. The number of methoxy groups -OCH3 is 1. The summed E-state index contributed by atoms with van der Waals surface area (Å²) in [5, 5.41) is 6.24. The first kappa shape index (κ1) is 26.4. The predicted molar refractivity (Wildman–Crippen MR) is 157 cm³/mol. The second-order valence-corrected chi connectivity index (χ2v) is 9.13. The van der Waals surface area contributed by atoms with Crippen LogP contribution in [0, 0.1) is 0 Å². The number of nitrogens with zero attached hydrogens (tertiary/aromatic N) is 2.